The zero-order valence-electron chi connectivity index (χ0n) is 15.9. The molecular weight excluding hydrogens is 410 g/mol. The Morgan fingerprint density at radius 3 is 2.29 bits per heavy atom. The predicted molar refractivity (Wildman–Crippen MR) is 105 cm³/mol. The third kappa shape index (κ3) is 4.34. The van der Waals surface area contributed by atoms with Crippen molar-refractivity contribution in [2.75, 3.05) is 18.5 Å². The van der Waals surface area contributed by atoms with Gasteiger partial charge in [0.15, 0.2) is 11.6 Å². The number of hydrogen-bond donors (Lipinski definition) is 0. The van der Waals surface area contributed by atoms with E-state index in [2.05, 4.69) is 0 Å². The van der Waals surface area contributed by atoms with Crippen LogP contribution < -0.4 is 4.90 Å². The Morgan fingerprint density at radius 1 is 1.11 bits per heavy atom. The molecule has 28 heavy (non-hydrogen) atoms. The smallest absolute Gasteiger partial charge is 0.259 e. The van der Waals surface area contributed by atoms with E-state index in [0.29, 0.717) is 0 Å². The van der Waals surface area contributed by atoms with Crippen LogP contribution in [0.15, 0.2) is 41.3 Å². The molecule has 0 bridgehead atoms. The van der Waals surface area contributed by atoms with Crippen LogP contribution in [-0.2, 0) is 10.0 Å². The van der Waals surface area contributed by atoms with Gasteiger partial charge in [-0.1, -0.05) is 11.6 Å². The molecule has 0 aliphatic heterocycles. The van der Waals surface area contributed by atoms with Gasteiger partial charge >= 0.3 is 0 Å². The Balaban J connectivity index is 2.51. The molecule has 2 rings (SSSR count). The van der Waals surface area contributed by atoms with E-state index in [-0.39, 0.29) is 33.8 Å². The zero-order chi connectivity index (χ0) is 21.2. The third-order valence-corrected chi connectivity index (χ3v) is 6.71. The quantitative estimate of drug-likeness (QED) is 0.686. The molecule has 0 N–H and O–H groups in total. The highest BCUT2D eigenvalue weighted by Crippen LogP contribution is 2.27. The van der Waals surface area contributed by atoms with Crippen molar-refractivity contribution in [1.29, 1.82) is 0 Å². The first kappa shape index (κ1) is 22.3. The summed E-state index contributed by atoms with van der Waals surface area (Å²) in [5.74, 6) is -2.75. The molecule has 0 saturated carbocycles. The second kappa shape index (κ2) is 8.55. The van der Waals surface area contributed by atoms with Gasteiger partial charge in [0.2, 0.25) is 10.0 Å². The van der Waals surface area contributed by atoms with E-state index in [0.717, 1.165) is 12.1 Å². The molecule has 0 fully saturated rings. The van der Waals surface area contributed by atoms with Gasteiger partial charge in [0.05, 0.1) is 15.5 Å². The summed E-state index contributed by atoms with van der Waals surface area (Å²) in [5.41, 5.74) is 0.0847. The van der Waals surface area contributed by atoms with Crippen molar-refractivity contribution < 1.29 is 22.0 Å². The highest BCUT2D eigenvalue weighted by Gasteiger charge is 2.26. The Labute approximate surface area is 168 Å². The number of halogens is 3. The summed E-state index contributed by atoms with van der Waals surface area (Å²) < 4.78 is 53.4. The lowest BCUT2D eigenvalue weighted by Gasteiger charge is -2.23. The third-order valence-electron chi connectivity index (χ3n) is 4.35. The molecule has 0 spiro atoms. The molecule has 0 heterocycles. The molecule has 2 aromatic carbocycles. The Kier molecular flexibility index (Phi) is 6.80. The lowest BCUT2D eigenvalue weighted by molar-refractivity contribution is 0.0988. The molecule has 152 valence electrons. The van der Waals surface area contributed by atoms with E-state index in [9.17, 15) is 22.0 Å². The predicted octanol–water partition coefficient (Wildman–Crippen LogP) is 4.31. The second-order valence-electron chi connectivity index (χ2n) is 6.40. The highest BCUT2D eigenvalue weighted by molar-refractivity contribution is 7.89. The molecule has 0 aliphatic carbocycles. The second-order valence-corrected chi connectivity index (χ2v) is 8.81. The number of benzene rings is 2. The van der Waals surface area contributed by atoms with Gasteiger partial charge in [-0.05, 0) is 51.1 Å². The summed E-state index contributed by atoms with van der Waals surface area (Å²) >= 11 is 6.14. The van der Waals surface area contributed by atoms with Crippen LogP contribution in [0.1, 0.15) is 31.1 Å². The zero-order valence-corrected chi connectivity index (χ0v) is 17.5. The van der Waals surface area contributed by atoms with Crippen LogP contribution in [0.25, 0.3) is 0 Å². The van der Waals surface area contributed by atoms with Crippen LogP contribution in [-0.4, -0.2) is 38.3 Å². The Morgan fingerprint density at radius 2 is 1.75 bits per heavy atom. The number of carbonyl (C=O) groups excluding carboxylic acids is 1. The number of amides is 1. The highest BCUT2D eigenvalue weighted by atomic mass is 35.5. The van der Waals surface area contributed by atoms with Gasteiger partial charge in [0.25, 0.3) is 5.91 Å². The number of hydrogen-bond acceptors (Lipinski definition) is 3. The molecule has 5 nitrogen and oxygen atoms in total. The average molecular weight is 431 g/mol. The van der Waals surface area contributed by atoms with Crippen molar-refractivity contribution in [2.24, 2.45) is 0 Å². The van der Waals surface area contributed by atoms with E-state index < -0.39 is 27.6 Å². The maximum atomic E-state index is 13.6. The molecule has 0 unspecified atom stereocenters. The molecule has 0 aromatic heterocycles. The van der Waals surface area contributed by atoms with Crippen LogP contribution in [0, 0.1) is 11.6 Å². The fourth-order valence-electron chi connectivity index (χ4n) is 2.51. The maximum Gasteiger partial charge on any atom is 0.259 e. The summed E-state index contributed by atoms with van der Waals surface area (Å²) in [6, 6.07) is 6.64. The Bertz CT molecular complexity index is 997. The van der Waals surface area contributed by atoms with Crippen molar-refractivity contribution in [3.05, 3.63) is 58.6 Å². The first-order chi connectivity index (χ1) is 13.0. The van der Waals surface area contributed by atoms with Gasteiger partial charge in [-0.3, -0.25) is 4.79 Å². The summed E-state index contributed by atoms with van der Waals surface area (Å²) in [5, 5.41) is 0.0529. The summed E-state index contributed by atoms with van der Waals surface area (Å²) in [6.07, 6.45) is 0. The number of carbonyl (C=O) groups is 1. The van der Waals surface area contributed by atoms with Gasteiger partial charge < -0.3 is 4.90 Å². The SMILES string of the molecule is CCN(C(=O)c1cc(S(=O)(=O)N(C)C(C)C)ccc1Cl)c1ccc(F)c(F)c1. The lowest BCUT2D eigenvalue weighted by Crippen LogP contribution is -2.34. The molecule has 0 radical (unpaired) electrons. The van der Waals surface area contributed by atoms with Crippen molar-refractivity contribution in [3.8, 4) is 0 Å². The molecule has 2 aromatic rings. The minimum absolute atomic E-state index is 0.0496. The summed E-state index contributed by atoms with van der Waals surface area (Å²) in [7, 11) is -2.39. The van der Waals surface area contributed by atoms with Gasteiger partial charge in [-0.15, -0.1) is 0 Å². The van der Waals surface area contributed by atoms with Crippen LogP contribution >= 0.6 is 11.6 Å². The van der Waals surface area contributed by atoms with E-state index in [1.807, 2.05) is 0 Å². The van der Waals surface area contributed by atoms with Crippen molar-refractivity contribution >= 4 is 33.2 Å². The first-order valence-corrected chi connectivity index (χ1v) is 10.4. The first-order valence-electron chi connectivity index (χ1n) is 8.55. The lowest BCUT2D eigenvalue weighted by atomic mass is 10.1. The molecule has 1 amide bonds. The van der Waals surface area contributed by atoms with Crippen molar-refractivity contribution in [3.63, 3.8) is 0 Å². The van der Waals surface area contributed by atoms with Crippen molar-refractivity contribution in [2.45, 2.75) is 31.7 Å². The maximum absolute atomic E-state index is 13.6. The van der Waals surface area contributed by atoms with E-state index in [1.54, 1.807) is 20.8 Å². The minimum atomic E-state index is -3.83. The molecule has 0 atom stereocenters. The number of sulfonamides is 1. The molecule has 0 saturated heterocycles. The molecule has 0 aliphatic rings. The minimum Gasteiger partial charge on any atom is -0.308 e. The normalized spacial score (nSPS) is 11.9. The average Bonchev–Trinajstić information content (AvgIpc) is 2.64. The van der Waals surface area contributed by atoms with Gasteiger partial charge in [-0.25, -0.2) is 17.2 Å². The Hall–Kier alpha value is -2.03. The topological polar surface area (TPSA) is 57.7 Å². The largest absolute Gasteiger partial charge is 0.308 e. The van der Waals surface area contributed by atoms with E-state index in [1.165, 1.54) is 40.5 Å². The van der Waals surface area contributed by atoms with Crippen LogP contribution in [0.2, 0.25) is 5.02 Å². The fraction of sp³-hybridized carbons (Fsp3) is 0.316. The molecule has 9 heteroatoms. The number of nitrogens with zero attached hydrogens (tertiary/aromatic N) is 2. The van der Waals surface area contributed by atoms with E-state index in [4.69, 9.17) is 11.6 Å². The van der Waals surface area contributed by atoms with Crippen LogP contribution in [0.3, 0.4) is 0 Å². The van der Waals surface area contributed by atoms with E-state index >= 15 is 0 Å². The summed E-state index contributed by atoms with van der Waals surface area (Å²) in [4.78, 5) is 14.1. The van der Waals surface area contributed by atoms with Gasteiger partial charge in [0.1, 0.15) is 0 Å². The van der Waals surface area contributed by atoms with Gasteiger partial charge in [0, 0.05) is 31.4 Å². The molecular formula is C19H21ClF2N2O3S. The monoisotopic (exact) mass is 430 g/mol. The standard InChI is InChI=1S/C19H21ClF2N2O3S/c1-5-24(13-6-9-17(21)18(22)10-13)19(25)15-11-14(7-8-16(15)20)28(26,27)23(4)12(2)3/h6-12H,5H2,1-4H3. The number of rotatable bonds is 6. The van der Waals surface area contributed by atoms with Crippen LogP contribution in [0.5, 0.6) is 0 Å². The fourth-order valence-corrected chi connectivity index (χ4v) is 4.11. The van der Waals surface area contributed by atoms with Crippen LogP contribution in [0.4, 0.5) is 14.5 Å². The number of anilines is 1. The van der Waals surface area contributed by atoms with Gasteiger partial charge in [-0.2, -0.15) is 4.31 Å². The van der Waals surface area contributed by atoms with Crippen molar-refractivity contribution in [1.82, 2.24) is 4.31 Å². The summed E-state index contributed by atoms with van der Waals surface area (Å²) in [6.45, 7) is 5.24.